The van der Waals surface area contributed by atoms with Gasteiger partial charge in [-0.15, -0.1) is 0 Å². The van der Waals surface area contributed by atoms with Crippen molar-refractivity contribution in [1.82, 2.24) is 19.7 Å². The Hall–Kier alpha value is -6.12. The van der Waals surface area contributed by atoms with E-state index in [9.17, 15) is 23.2 Å². The van der Waals surface area contributed by atoms with E-state index in [1.165, 1.54) is 17.2 Å². The van der Waals surface area contributed by atoms with Gasteiger partial charge in [0.05, 0.1) is 28.5 Å². The number of carbonyl (C=O) groups excluding carboxylic acids is 2. The number of piperidine rings is 1. The molecular weight excluding hydrogens is 724 g/mol. The van der Waals surface area contributed by atoms with Crippen molar-refractivity contribution in [3.63, 3.8) is 0 Å². The number of hydrogen-bond acceptors (Lipinski definition) is 8. The highest BCUT2D eigenvalue weighted by Gasteiger charge is 2.30. The van der Waals surface area contributed by atoms with E-state index in [-0.39, 0.29) is 41.9 Å². The van der Waals surface area contributed by atoms with Crippen LogP contribution in [0.3, 0.4) is 0 Å². The molecule has 5 aromatic rings. The number of aliphatic imine (C=N–C) groups is 1. The van der Waals surface area contributed by atoms with Gasteiger partial charge in [0.1, 0.15) is 5.82 Å². The summed E-state index contributed by atoms with van der Waals surface area (Å²) in [5.74, 6) is -0.534. The van der Waals surface area contributed by atoms with Crippen LogP contribution in [-0.2, 0) is 25.3 Å². The lowest BCUT2D eigenvalue weighted by molar-refractivity contribution is -0.120. The minimum atomic E-state index is -2.77. The molecule has 0 unspecified atom stereocenters. The summed E-state index contributed by atoms with van der Waals surface area (Å²) in [4.78, 5) is 47.0. The normalized spacial score (nSPS) is 17.2. The Labute approximate surface area is 320 Å². The molecule has 5 heterocycles. The second-order valence-electron chi connectivity index (χ2n) is 14.7. The average Bonchev–Trinajstić information content (AvgIpc) is 3.50. The number of halogens is 3. The molecule has 0 bridgehead atoms. The van der Waals surface area contributed by atoms with Crippen LogP contribution in [0, 0.1) is 12.7 Å². The lowest BCUT2D eigenvalue weighted by Gasteiger charge is -2.34. The van der Waals surface area contributed by atoms with Crippen LogP contribution in [0.2, 0.25) is 0 Å². The molecule has 2 aromatic heterocycles. The van der Waals surface area contributed by atoms with Gasteiger partial charge in [0, 0.05) is 92.3 Å². The maximum atomic E-state index is 15.7. The van der Waals surface area contributed by atoms with E-state index in [2.05, 4.69) is 15.3 Å². The molecule has 0 radical (unpaired) electrons. The number of pyridine rings is 1. The molecule has 0 atom stereocenters. The summed E-state index contributed by atoms with van der Waals surface area (Å²) in [7, 11) is 3.46. The lowest BCUT2D eigenvalue weighted by Crippen LogP contribution is -2.49. The smallest absolute Gasteiger partial charge is 0.329 e. The molecule has 0 aliphatic carbocycles. The quantitative estimate of drug-likeness (QED) is 0.184. The first kappa shape index (κ1) is 36.8. The second-order valence-corrected chi connectivity index (χ2v) is 14.7. The number of aryl methyl sites for hydroxylation is 4. The van der Waals surface area contributed by atoms with Crippen LogP contribution in [0.4, 0.5) is 40.8 Å². The molecule has 8 rings (SSSR count). The standard InChI is InChI=1S/C41H42F3N9O3/c1-23-16-29-32(49(2)40(23)55)7-4-8-33(29)52-12-5-6-24-17-27(28(38(43)44)19-34(24)52)25(21-45)22-46-26-9-13-51(14-10-26)36-20-35-30(18-31(36)42)39(48-50(35)3)53-15-11-37(54)47-41(53)56/h4,7-8,16-22,26,38H,5-6,9-15,45H2,1-3H3,(H,47,54,56)/b25-21+,46-22?. The number of imide groups is 1. The molecule has 0 saturated carbocycles. The van der Waals surface area contributed by atoms with Crippen molar-refractivity contribution < 1.29 is 22.8 Å². The highest BCUT2D eigenvalue weighted by molar-refractivity contribution is 6.11. The monoisotopic (exact) mass is 765 g/mol. The maximum absolute atomic E-state index is 15.7. The second kappa shape index (κ2) is 14.5. The summed E-state index contributed by atoms with van der Waals surface area (Å²) in [5, 5.41) is 8.09. The van der Waals surface area contributed by atoms with Gasteiger partial charge in [0.2, 0.25) is 5.91 Å². The summed E-state index contributed by atoms with van der Waals surface area (Å²) in [5.41, 5.74) is 11.5. The van der Waals surface area contributed by atoms with E-state index < -0.39 is 18.3 Å². The fourth-order valence-electron chi connectivity index (χ4n) is 8.30. The third-order valence-electron chi connectivity index (χ3n) is 11.2. The van der Waals surface area contributed by atoms with Crippen LogP contribution in [0.25, 0.3) is 27.4 Å². The summed E-state index contributed by atoms with van der Waals surface area (Å²) >= 11 is 0. The fraction of sp³-hybridized carbons (Fsp3) is 0.341. The van der Waals surface area contributed by atoms with Gasteiger partial charge in [0.15, 0.2) is 5.82 Å². The van der Waals surface area contributed by atoms with Crippen molar-refractivity contribution in [2.45, 2.75) is 51.5 Å². The van der Waals surface area contributed by atoms with Crippen molar-refractivity contribution in [3.05, 3.63) is 93.2 Å². The number of carbonyl (C=O) groups is 2. The molecule has 15 heteroatoms. The first-order valence-electron chi connectivity index (χ1n) is 18.7. The Morgan fingerprint density at radius 2 is 1.71 bits per heavy atom. The third-order valence-corrected chi connectivity index (χ3v) is 11.2. The van der Waals surface area contributed by atoms with Crippen molar-refractivity contribution in [2.75, 3.05) is 40.9 Å². The first-order valence-corrected chi connectivity index (χ1v) is 18.7. The molecule has 3 N–H and O–H groups in total. The number of nitrogens with one attached hydrogen (secondary N) is 1. The van der Waals surface area contributed by atoms with Crippen LogP contribution >= 0.6 is 0 Å². The van der Waals surface area contributed by atoms with Crippen molar-refractivity contribution in [2.24, 2.45) is 24.8 Å². The van der Waals surface area contributed by atoms with E-state index in [4.69, 9.17) is 10.7 Å². The summed E-state index contributed by atoms with van der Waals surface area (Å²) in [6, 6.07) is 13.4. The predicted molar refractivity (Wildman–Crippen MR) is 213 cm³/mol. The minimum absolute atomic E-state index is 0.0784. The Balaban J connectivity index is 1.01. The van der Waals surface area contributed by atoms with Gasteiger partial charge in [-0.2, -0.15) is 5.10 Å². The zero-order valence-electron chi connectivity index (χ0n) is 31.4. The molecule has 3 aliphatic heterocycles. The Morgan fingerprint density at radius 1 is 0.929 bits per heavy atom. The van der Waals surface area contributed by atoms with Gasteiger partial charge in [-0.25, -0.2) is 18.0 Å². The van der Waals surface area contributed by atoms with Gasteiger partial charge < -0.3 is 20.1 Å². The Morgan fingerprint density at radius 3 is 2.45 bits per heavy atom. The zero-order chi connectivity index (χ0) is 39.4. The van der Waals surface area contributed by atoms with E-state index >= 15 is 4.39 Å². The number of alkyl halides is 2. The number of benzene rings is 3. The summed E-state index contributed by atoms with van der Waals surface area (Å²) in [6.07, 6.45) is 2.96. The number of urea groups is 1. The lowest BCUT2D eigenvalue weighted by atomic mass is 9.91. The molecule has 3 aliphatic rings. The molecule has 290 valence electrons. The Bertz CT molecular complexity index is 2530. The molecule has 2 fully saturated rings. The summed E-state index contributed by atoms with van der Waals surface area (Å²) < 4.78 is 48.6. The molecule has 0 spiro atoms. The van der Waals surface area contributed by atoms with Crippen LogP contribution in [0.15, 0.2) is 64.5 Å². The minimum Gasteiger partial charge on any atom is -0.404 e. The number of nitrogens with zero attached hydrogens (tertiary/aromatic N) is 7. The van der Waals surface area contributed by atoms with E-state index in [0.29, 0.717) is 77.9 Å². The molecule has 2 saturated heterocycles. The molecule has 12 nitrogen and oxygen atoms in total. The number of rotatable bonds is 7. The number of hydrogen-bond donors (Lipinski definition) is 2. The van der Waals surface area contributed by atoms with Crippen LogP contribution in [0.1, 0.15) is 54.4 Å². The maximum Gasteiger partial charge on any atom is 0.329 e. The molecular formula is C41H42F3N9O3. The van der Waals surface area contributed by atoms with E-state index in [1.807, 2.05) is 35.2 Å². The van der Waals surface area contributed by atoms with E-state index in [1.54, 1.807) is 48.6 Å². The highest BCUT2D eigenvalue weighted by Crippen LogP contribution is 2.42. The van der Waals surface area contributed by atoms with Crippen molar-refractivity contribution >= 4 is 68.4 Å². The first-order chi connectivity index (χ1) is 26.9. The zero-order valence-corrected chi connectivity index (χ0v) is 31.4. The van der Waals surface area contributed by atoms with Gasteiger partial charge in [-0.1, -0.05) is 6.07 Å². The number of allylic oxidation sites excluding steroid dienone is 1. The van der Waals surface area contributed by atoms with Crippen molar-refractivity contribution in [3.8, 4) is 0 Å². The predicted octanol–water partition coefficient (Wildman–Crippen LogP) is 6.38. The largest absolute Gasteiger partial charge is 0.404 e. The van der Waals surface area contributed by atoms with Gasteiger partial charge in [0.25, 0.3) is 12.0 Å². The Kier molecular flexibility index (Phi) is 9.54. The third kappa shape index (κ3) is 6.43. The number of fused-ring (bicyclic) bond motifs is 3. The van der Waals surface area contributed by atoms with Crippen LogP contribution < -0.4 is 31.3 Å². The summed E-state index contributed by atoms with van der Waals surface area (Å²) in [6.45, 7) is 3.58. The number of aromatic nitrogens is 3. The van der Waals surface area contributed by atoms with E-state index in [0.717, 1.165) is 28.6 Å². The van der Waals surface area contributed by atoms with Crippen LogP contribution in [-0.4, -0.2) is 64.7 Å². The SMILES string of the molecule is Cc1cc2c(N3CCCc4cc(/C(C=NC5CCN(c6cc7c(cc6F)c(N6CCC(=O)NC6=O)nn7C)CC5)=C/N)c(C(F)F)cc43)cccc2n(C)c1=O. The highest BCUT2D eigenvalue weighted by atomic mass is 19.3. The van der Waals surface area contributed by atoms with Gasteiger partial charge >= 0.3 is 6.03 Å². The fourth-order valence-corrected chi connectivity index (χ4v) is 8.30. The number of nitrogens with two attached hydrogens (primary N) is 1. The van der Waals surface area contributed by atoms with Crippen molar-refractivity contribution in [1.29, 1.82) is 0 Å². The molecule has 3 amide bonds. The van der Waals surface area contributed by atoms with Gasteiger partial charge in [-0.05, 0) is 86.2 Å². The topological polar surface area (TPSA) is 134 Å². The number of anilines is 4. The average molecular weight is 766 g/mol. The number of amides is 3. The molecule has 3 aromatic carbocycles. The molecule has 56 heavy (non-hydrogen) atoms. The van der Waals surface area contributed by atoms with Crippen LogP contribution in [0.5, 0.6) is 0 Å². The van der Waals surface area contributed by atoms with Gasteiger partial charge in [-0.3, -0.25) is 29.5 Å².